The molecule has 0 aliphatic carbocycles. The van der Waals surface area contributed by atoms with Crippen molar-refractivity contribution in [3.05, 3.63) is 0 Å². The van der Waals surface area contributed by atoms with Gasteiger partial charge in [0.25, 0.3) is 0 Å². The second-order valence-corrected chi connectivity index (χ2v) is 2.82. The van der Waals surface area contributed by atoms with E-state index in [1.165, 1.54) is 4.90 Å². The highest BCUT2D eigenvalue weighted by atomic mass is 16.2. The highest BCUT2D eigenvalue weighted by Crippen LogP contribution is 2.05. The van der Waals surface area contributed by atoms with E-state index < -0.39 is 6.17 Å². The number of amides is 3. The van der Waals surface area contributed by atoms with Crippen molar-refractivity contribution in [1.82, 2.24) is 10.2 Å². The van der Waals surface area contributed by atoms with Crippen LogP contribution in [0, 0.1) is 0 Å². The summed E-state index contributed by atoms with van der Waals surface area (Å²) >= 11 is 0. The van der Waals surface area contributed by atoms with Gasteiger partial charge in [-0.3, -0.25) is 10.1 Å². The number of carbonyl (C=O) groups is 2. The third-order valence-electron chi connectivity index (χ3n) is 1.77. The van der Waals surface area contributed by atoms with E-state index in [1.54, 1.807) is 0 Å². The van der Waals surface area contributed by atoms with Crippen LogP contribution in [0.1, 0.15) is 19.8 Å². The molecule has 68 valence electrons. The molecule has 3 N–H and O–H groups in total. The molecule has 1 fully saturated rings. The predicted molar refractivity (Wildman–Crippen MR) is 43.1 cm³/mol. The fraction of sp³-hybridized carbons (Fsp3) is 0.714. The van der Waals surface area contributed by atoms with Crippen molar-refractivity contribution < 1.29 is 9.59 Å². The predicted octanol–water partition coefficient (Wildman–Crippen LogP) is -0.377. The summed E-state index contributed by atoms with van der Waals surface area (Å²) < 4.78 is 0. The molecule has 1 aliphatic heterocycles. The molecule has 5 nitrogen and oxygen atoms in total. The highest BCUT2D eigenvalue weighted by Gasteiger charge is 2.28. The van der Waals surface area contributed by atoms with E-state index >= 15 is 0 Å². The van der Waals surface area contributed by atoms with Crippen molar-refractivity contribution in [2.24, 2.45) is 5.73 Å². The van der Waals surface area contributed by atoms with Gasteiger partial charge in [-0.15, -0.1) is 0 Å². The average molecular weight is 171 g/mol. The molecule has 1 unspecified atom stereocenters. The van der Waals surface area contributed by atoms with Crippen LogP contribution in [0.2, 0.25) is 0 Å². The summed E-state index contributed by atoms with van der Waals surface area (Å²) in [6.07, 6.45) is 0.590. The Labute approximate surface area is 70.9 Å². The van der Waals surface area contributed by atoms with E-state index in [9.17, 15) is 9.59 Å². The molecule has 3 amide bonds. The summed E-state index contributed by atoms with van der Waals surface area (Å²) in [6, 6.07) is -0.374. The zero-order chi connectivity index (χ0) is 9.14. The molecule has 5 heteroatoms. The van der Waals surface area contributed by atoms with Crippen molar-refractivity contribution in [3.8, 4) is 0 Å². The summed E-state index contributed by atoms with van der Waals surface area (Å²) in [4.78, 5) is 23.4. The number of hydrogen-bond acceptors (Lipinski definition) is 3. The third-order valence-corrected chi connectivity index (χ3v) is 1.77. The van der Waals surface area contributed by atoms with Gasteiger partial charge < -0.3 is 10.6 Å². The van der Waals surface area contributed by atoms with Gasteiger partial charge in [0.2, 0.25) is 5.91 Å². The van der Waals surface area contributed by atoms with Gasteiger partial charge in [0, 0.05) is 6.54 Å². The number of nitrogens with one attached hydrogen (secondary N) is 1. The van der Waals surface area contributed by atoms with Crippen LogP contribution in [0.4, 0.5) is 4.79 Å². The monoisotopic (exact) mass is 171 g/mol. The SMILES string of the molecule is CCCN1C(=O)NC(=O)CC1N. The van der Waals surface area contributed by atoms with Crippen LogP contribution < -0.4 is 11.1 Å². The first-order valence-corrected chi connectivity index (χ1v) is 4.01. The van der Waals surface area contributed by atoms with Crippen molar-refractivity contribution >= 4 is 11.9 Å². The van der Waals surface area contributed by atoms with Crippen LogP contribution >= 0.6 is 0 Å². The minimum atomic E-state index is -0.453. The van der Waals surface area contributed by atoms with Gasteiger partial charge in [0.15, 0.2) is 0 Å². The van der Waals surface area contributed by atoms with Gasteiger partial charge in [-0.2, -0.15) is 0 Å². The Morgan fingerprint density at radius 2 is 2.33 bits per heavy atom. The Morgan fingerprint density at radius 3 is 2.83 bits per heavy atom. The molecule has 1 heterocycles. The smallest absolute Gasteiger partial charge is 0.311 e. The summed E-state index contributed by atoms with van der Waals surface area (Å²) in [5, 5.41) is 2.21. The average Bonchev–Trinajstić information content (AvgIpc) is 1.96. The minimum absolute atomic E-state index is 0.200. The lowest BCUT2D eigenvalue weighted by atomic mass is 10.2. The van der Waals surface area contributed by atoms with E-state index in [-0.39, 0.29) is 18.4 Å². The third kappa shape index (κ3) is 1.73. The molecule has 0 bridgehead atoms. The molecule has 0 aromatic heterocycles. The fourth-order valence-corrected chi connectivity index (χ4v) is 1.20. The normalized spacial score (nSPS) is 24.2. The van der Waals surface area contributed by atoms with Crippen LogP contribution in [0.3, 0.4) is 0 Å². The van der Waals surface area contributed by atoms with E-state index in [2.05, 4.69) is 5.32 Å². The Bertz CT molecular complexity index is 205. The fourth-order valence-electron chi connectivity index (χ4n) is 1.20. The maximum Gasteiger partial charge on any atom is 0.325 e. The van der Waals surface area contributed by atoms with Crippen molar-refractivity contribution in [2.45, 2.75) is 25.9 Å². The summed E-state index contributed by atoms with van der Waals surface area (Å²) in [6.45, 7) is 2.55. The molecule has 0 radical (unpaired) electrons. The standard InChI is InChI=1S/C7H13N3O2/c1-2-3-10-5(8)4-6(11)9-7(10)12/h5H,2-4,8H2,1H3,(H,9,11,12). The number of nitrogens with zero attached hydrogens (tertiary/aromatic N) is 1. The van der Waals surface area contributed by atoms with Crippen LogP contribution in [-0.4, -0.2) is 29.5 Å². The van der Waals surface area contributed by atoms with Crippen molar-refractivity contribution in [3.63, 3.8) is 0 Å². The zero-order valence-electron chi connectivity index (χ0n) is 7.04. The van der Waals surface area contributed by atoms with Gasteiger partial charge >= 0.3 is 6.03 Å². The van der Waals surface area contributed by atoms with E-state index in [4.69, 9.17) is 5.73 Å². The molecule has 1 aliphatic rings. The number of carbonyl (C=O) groups excluding carboxylic acids is 2. The molecule has 1 rings (SSSR count). The molecular formula is C7H13N3O2. The summed E-state index contributed by atoms with van der Waals surface area (Å²) in [5.74, 6) is -0.292. The Hall–Kier alpha value is -1.10. The van der Waals surface area contributed by atoms with Crippen LogP contribution in [-0.2, 0) is 4.79 Å². The molecule has 0 spiro atoms. The topological polar surface area (TPSA) is 75.4 Å². The van der Waals surface area contributed by atoms with E-state index in [1.807, 2.05) is 6.92 Å². The first-order chi connectivity index (χ1) is 5.65. The van der Waals surface area contributed by atoms with Crippen molar-refractivity contribution in [2.75, 3.05) is 6.54 Å². The van der Waals surface area contributed by atoms with Gasteiger partial charge in [0.05, 0.1) is 12.6 Å². The maximum absolute atomic E-state index is 11.1. The van der Waals surface area contributed by atoms with Crippen LogP contribution in [0.15, 0.2) is 0 Å². The van der Waals surface area contributed by atoms with E-state index in [0.29, 0.717) is 6.54 Å². The first-order valence-electron chi connectivity index (χ1n) is 4.01. The largest absolute Gasteiger partial charge is 0.325 e. The lowest BCUT2D eigenvalue weighted by Gasteiger charge is -2.31. The second-order valence-electron chi connectivity index (χ2n) is 2.82. The van der Waals surface area contributed by atoms with Crippen LogP contribution in [0.5, 0.6) is 0 Å². The van der Waals surface area contributed by atoms with Crippen molar-refractivity contribution in [1.29, 1.82) is 0 Å². The summed E-state index contributed by atoms with van der Waals surface area (Å²) in [7, 11) is 0. The molecule has 12 heavy (non-hydrogen) atoms. The number of nitrogens with two attached hydrogens (primary N) is 1. The van der Waals surface area contributed by atoms with Gasteiger partial charge in [-0.25, -0.2) is 4.79 Å². The second kappa shape index (κ2) is 3.53. The summed E-state index contributed by atoms with van der Waals surface area (Å²) in [5.41, 5.74) is 5.59. The molecule has 1 atom stereocenters. The number of hydrogen-bond donors (Lipinski definition) is 2. The molecule has 0 aromatic carbocycles. The highest BCUT2D eigenvalue weighted by molar-refractivity contribution is 5.97. The molecule has 1 saturated heterocycles. The lowest BCUT2D eigenvalue weighted by molar-refractivity contribution is -0.122. The Morgan fingerprint density at radius 1 is 1.67 bits per heavy atom. The van der Waals surface area contributed by atoms with E-state index in [0.717, 1.165) is 6.42 Å². The number of rotatable bonds is 2. The van der Waals surface area contributed by atoms with Crippen LogP contribution in [0.25, 0.3) is 0 Å². The van der Waals surface area contributed by atoms with Gasteiger partial charge in [-0.1, -0.05) is 6.92 Å². The van der Waals surface area contributed by atoms with Gasteiger partial charge in [-0.05, 0) is 6.42 Å². The molecule has 0 aromatic rings. The number of urea groups is 1. The minimum Gasteiger partial charge on any atom is -0.311 e. The maximum atomic E-state index is 11.1. The first kappa shape index (κ1) is 8.99. The quantitative estimate of drug-likeness (QED) is 0.594. The van der Waals surface area contributed by atoms with Gasteiger partial charge in [0.1, 0.15) is 0 Å². The number of imide groups is 1. The Balaban J connectivity index is 2.60. The zero-order valence-corrected chi connectivity index (χ0v) is 7.04. The lowest BCUT2D eigenvalue weighted by Crippen LogP contribution is -2.58. The molecule has 0 saturated carbocycles. The Kier molecular flexibility index (Phi) is 2.65. The molecular weight excluding hydrogens is 158 g/mol.